The zero-order chi connectivity index (χ0) is 23.4. The molecule has 0 aliphatic carbocycles. The van der Waals surface area contributed by atoms with Crippen LogP contribution in [0.2, 0.25) is 0 Å². The molecule has 2 heterocycles. The highest BCUT2D eigenvalue weighted by atomic mass is 16.5. The van der Waals surface area contributed by atoms with E-state index in [1.165, 1.54) is 7.05 Å². The number of amides is 1. The summed E-state index contributed by atoms with van der Waals surface area (Å²) >= 11 is 0. The second kappa shape index (κ2) is 9.11. The third-order valence-electron chi connectivity index (χ3n) is 4.70. The number of nitriles is 1. The van der Waals surface area contributed by atoms with E-state index in [9.17, 15) is 14.4 Å². The van der Waals surface area contributed by atoms with Crippen LogP contribution in [0.25, 0.3) is 17.2 Å². The number of benzene rings is 2. The SMILES string of the molecule is Cn1c(=O)c(-c2noc(CCC(=O)Nc3cccc(C#N)c3)n2)nn(-c2ccccc2)c1=O. The molecular formula is C22H17N7O4. The van der Waals surface area contributed by atoms with Gasteiger partial charge in [-0.1, -0.05) is 29.4 Å². The molecule has 0 unspecified atom stereocenters. The molecule has 33 heavy (non-hydrogen) atoms. The van der Waals surface area contributed by atoms with E-state index < -0.39 is 11.2 Å². The number of hydrogen-bond donors (Lipinski definition) is 1. The second-order valence-corrected chi connectivity index (χ2v) is 7.00. The van der Waals surface area contributed by atoms with Gasteiger partial charge >= 0.3 is 5.69 Å². The van der Waals surface area contributed by atoms with Crippen molar-refractivity contribution in [2.75, 3.05) is 5.32 Å². The summed E-state index contributed by atoms with van der Waals surface area (Å²) < 4.78 is 7.16. The van der Waals surface area contributed by atoms with Crippen molar-refractivity contribution in [3.05, 3.63) is 86.9 Å². The molecule has 0 fully saturated rings. The van der Waals surface area contributed by atoms with Crippen LogP contribution in [0.4, 0.5) is 5.69 Å². The number of nitrogens with one attached hydrogen (secondary N) is 1. The number of aryl methyl sites for hydroxylation is 1. The summed E-state index contributed by atoms with van der Waals surface area (Å²) in [6.45, 7) is 0. The lowest BCUT2D eigenvalue weighted by Gasteiger charge is -2.07. The molecule has 164 valence electrons. The first-order valence-electron chi connectivity index (χ1n) is 9.85. The van der Waals surface area contributed by atoms with E-state index in [1.807, 2.05) is 6.07 Å². The van der Waals surface area contributed by atoms with Gasteiger partial charge in [-0.2, -0.15) is 20.0 Å². The number of anilines is 1. The molecule has 0 spiro atoms. The van der Waals surface area contributed by atoms with Gasteiger partial charge < -0.3 is 9.84 Å². The van der Waals surface area contributed by atoms with Gasteiger partial charge in [0.25, 0.3) is 5.56 Å². The van der Waals surface area contributed by atoms with Crippen LogP contribution >= 0.6 is 0 Å². The molecule has 2 aromatic carbocycles. The van der Waals surface area contributed by atoms with E-state index in [0.717, 1.165) is 9.25 Å². The summed E-state index contributed by atoms with van der Waals surface area (Å²) in [5, 5.41) is 19.6. The van der Waals surface area contributed by atoms with Gasteiger partial charge in [0.15, 0.2) is 5.69 Å². The molecule has 0 atom stereocenters. The average Bonchev–Trinajstić information content (AvgIpc) is 3.31. The Bertz CT molecular complexity index is 1480. The van der Waals surface area contributed by atoms with E-state index in [4.69, 9.17) is 9.78 Å². The molecule has 0 saturated carbocycles. The molecule has 0 saturated heterocycles. The molecule has 0 bridgehead atoms. The Labute approximate surface area is 186 Å². The predicted octanol–water partition coefficient (Wildman–Crippen LogP) is 1.42. The van der Waals surface area contributed by atoms with Crippen molar-refractivity contribution in [1.29, 1.82) is 5.26 Å². The molecule has 1 N–H and O–H groups in total. The van der Waals surface area contributed by atoms with Crippen molar-refractivity contribution in [1.82, 2.24) is 24.5 Å². The predicted molar refractivity (Wildman–Crippen MR) is 116 cm³/mol. The van der Waals surface area contributed by atoms with Gasteiger partial charge in [0.2, 0.25) is 17.6 Å². The standard InChI is InChI=1S/C22H17N7O4/c1-28-21(31)19(26-29(22(28)32)16-8-3-2-4-9-16)20-25-18(33-27-20)11-10-17(30)24-15-7-5-6-14(12-15)13-23/h2-9,12H,10-11H2,1H3,(H,24,30). The van der Waals surface area contributed by atoms with E-state index in [0.29, 0.717) is 16.9 Å². The highest BCUT2D eigenvalue weighted by Gasteiger charge is 2.19. The molecule has 0 radical (unpaired) electrons. The Balaban J connectivity index is 1.52. The fraction of sp³-hybridized carbons (Fsp3) is 0.136. The largest absolute Gasteiger partial charge is 0.351 e. The Morgan fingerprint density at radius 1 is 1.15 bits per heavy atom. The van der Waals surface area contributed by atoms with Crippen molar-refractivity contribution >= 4 is 11.6 Å². The second-order valence-electron chi connectivity index (χ2n) is 7.00. The monoisotopic (exact) mass is 443 g/mol. The van der Waals surface area contributed by atoms with Crippen LogP contribution in [0.3, 0.4) is 0 Å². The minimum Gasteiger partial charge on any atom is -0.339 e. The summed E-state index contributed by atoms with van der Waals surface area (Å²) in [6, 6.07) is 17.2. The van der Waals surface area contributed by atoms with Crippen molar-refractivity contribution in [2.45, 2.75) is 12.8 Å². The van der Waals surface area contributed by atoms with Gasteiger partial charge in [-0.25, -0.2) is 4.79 Å². The summed E-state index contributed by atoms with van der Waals surface area (Å²) in [5.74, 6) is -0.263. The molecule has 2 aromatic heterocycles. The number of nitrogens with zero attached hydrogens (tertiary/aromatic N) is 6. The normalized spacial score (nSPS) is 10.5. The summed E-state index contributed by atoms with van der Waals surface area (Å²) in [5.41, 5.74) is -0.0409. The third-order valence-corrected chi connectivity index (χ3v) is 4.70. The van der Waals surface area contributed by atoms with Crippen LogP contribution in [-0.4, -0.2) is 30.4 Å². The fourth-order valence-electron chi connectivity index (χ4n) is 3.01. The zero-order valence-electron chi connectivity index (χ0n) is 17.4. The van der Waals surface area contributed by atoms with E-state index in [1.54, 1.807) is 54.6 Å². The van der Waals surface area contributed by atoms with Crippen molar-refractivity contribution < 1.29 is 9.32 Å². The van der Waals surface area contributed by atoms with Gasteiger partial charge in [0.1, 0.15) is 0 Å². The molecule has 0 aliphatic heterocycles. The van der Waals surface area contributed by atoms with Gasteiger partial charge in [0, 0.05) is 25.6 Å². The molecule has 1 amide bonds. The van der Waals surface area contributed by atoms with Gasteiger partial charge in [0.05, 0.1) is 17.3 Å². The Morgan fingerprint density at radius 3 is 2.70 bits per heavy atom. The lowest BCUT2D eigenvalue weighted by Crippen LogP contribution is -2.40. The van der Waals surface area contributed by atoms with Crippen LogP contribution in [0.15, 0.2) is 68.7 Å². The van der Waals surface area contributed by atoms with E-state index >= 15 is 0 Å². The number of carbonyl (C=O) groups excluding carboxylic acids is 1. The average molecular weight is 443 g/mol. The Morgan fingerprint density at radius 2 is 1.94 bits per heavy atom. The molecule has 11 nitrogen and oxygen atoms in total. The van der Waals surface area contributed by atoms with Gasteiger partial charge in [-0.15, -0.1) is 0 Å². The number of hydrogen-bond acceptors (Lipinski definition) is 8. The Kier molecular flexibility index (Phi) is 5.90. The van der Waals surface area contributed by atoms with Crippen molar-refractivity contribution in [2.24, 2.45) is 7.05 Å². The van der Waals surface area contributed by atoms with Crippen LogP contribution in [0, 0.1) is 11.3 Å². The molecule has 4 rings (SSSR count). The lowest BCUT2D eigenvalue weighted by atomic mass is 10.2. The van der Waals surface area contributed by atoms with Crippen LogP contribution < -0.4 is 16.6 Å². The molecular weight excluding hydrogens is 426 g/mol. The smallest absolute Gasteiger partial charge is 0.339 e. The van der Waals surface area contributed by atoms with Crippen LogP contribution in [0.5, 0.6) is 0 Å². The quantitative estimate of drug-likeness (QED) is 0.470. The minimum atomic E-state index is -0.672. The number of rotatable bonds is 6. The first kappa shape index (κ1) is 21.4. The Hall–Kier alpha value is -4.85. The maximum Gasteiger partial charge on any atom is 0.351 e. The molecule has 4 aromatic rings. The fourth-order valence-corrected chi connectivity index (χ4v) is 3.01. The number of para-hydroxylation sites is 1. The summed E-state index contributed by atoms with van der Waals surface area (Å²) in [4.78, 5) is 41.4. The van der Waals surface area contributed by atoms with E-state index in [2.05, 4.69) is 20.6 Å². The van der Waals surface area contributed by atoms with E-state index in [-0.39, 0.29) is 36.2 Å². The van der Waals surface area contributed by atoms with Crippen LogP contribution in [0.1, 0.15) is 17.9 Å². The maximum atomic E-state index is 12.6. The van der Waals surface area contributed by atoms with Crippen molar-refractivity contribution in [3.63, 3.8) is 0 Å². The van der Waals surface area contributed by atoms with Crippen LogP contribution in [-0.2, 0) is 18.3 Å². The molecule has 11 heteroatoms. The topological polar surface area (TPSA) is 149 Å². The first-order chi connectivity index (χ1) is 16.0. The summed E-state index contributed by atoms with van der Waals surface area (Å²) in [7, 11) is 1.34. The number of carbonyl (C=O) groups is 1. The van der Waals surface area contributed by atoms with Crippen molar-refractivity contribution in [3.8, 4) is 23.3 Å². The minimum absolute atomic E-state index is 0.0351. The zero-order valence-corrected chi connectivity index (χ0v) is 17.4. The maximum absolute atomic E-state index is 12.6. The highest BCUT2D eigenvalue weighted by molar-refractivity contribution is 5.90. The van der Waals surface area contributed by atoms with Gasteiger partial charge in [-0.3, -0.25) is 14.2 Å². The third kappa shape index (κ3) is 4.59. The highest BCUT2D eigenvalue weighted by Crippen LogP contribution is 2.13. The first-order valence-corrected chi connectivity index (χ1v) is 9.85. The number of aromatic nitrogens is 5. The van der Waals surface area contributed by atoms with Gasteiger partial charge in [-0.05, 0) is 30.3 Å². The summed E-state index contributed by atoms with van der Waals surface area (Å²) in [6.07, 6.45) is 0.156. The molecule has 0 aliphatic rings. The lowest BCUT2D eigenvalue weighted by molar-refractivity contribution is -0.116.